The molecule has 4 aliphatic carbocycles. The number of hydrogen-bond donors (Lipinski definition) is 1. The van der Waals surface area contributed by atoms with E-state index in [-0.39, 0.29) is 17.1 Å². The van der Waals surface area contributed by atoms with Crippen LogP contribution in [-0.2, 0) is 9.78 Å². The van der Waals surface area contributed by atoms with Gasteiger partial charge in [0, 0.05) is 23.7 Å². The van der Waals surface area contributed by atoms with Crippen LogP contribution >= 0.6 is 0 Å². The lowest BCUT2D eigenvalue weighted by atomic mass is 9.42. The molecule has 2 aliphatic heterocycles. The van der Waals surface area contributed by atoms with E-state index in [1.807, 2.05) is 0 Å². The predicted octanol–water partition coefficient (Wildman–Crippen LogP) is 6.45. The summed E-state index contributed by atoms with van der Waals surface area (Å²) < 4.78 is 0. The van der Waals surface area contributed by atoms with Gasteiger partial charge in [-0.2, -0.15) is 0 Å². The largest absolute Gasteiger partial charge is 0.393 e. The number of rotatable bonds is 5. The number of aliphatic hydroxyl groups excluding tert-OH is 1. The van der Waals surface area contributed by atoms with Crippen molar-refractivity contribution in [3.63, 3.8) is 0 Å². The molecule has 2 spiro atoms. The van der Waals surface area contributed by atoms with Crippen LogP contribution in [0.4, 0.5) is 0 Å². The Balaban J connectivity index is 1.42. The normalized spacial score (nSPS) is 52.8. The van der Waals surface area contributed by atoms with E-state index in [1.54, 1.807) is 0 Å². The molecule has 2 heterocycles. The van der Waals surface area contributed by atoms with Crippen molar-refractivity contribution in [2.75, 3.05) is 0 Å². The van der Waals surface area contributed by atoms with Crippen LogP contribution in [0.2, 0.25) is 0 Å². The minimum atomic E-state index is -0.424. The fraction of sp³-hybridized carbons (Fsp3) is 0.926. The molecule has 5 unspecified atom stereocenters. The van der Waals surface area contributed by atoms with E-state index in [0.29, 0.717) is 23.7 Å². The van der Waals surface area contributed by atoms with Crippen LogP contribution in [0.15, 0.2) is 12.2 Å². The fourth-order valence-corrected chi connectivity index (χ4v) is 9.12. The molecule has 0 aromatic heterocycles. The molecule has 1 N–H and O–H groups in total. The summed E-state index contributed by atoms with van der Waals surface area (Å²) in [5.41, 5.74) is -0.240. The van der Waals surface area contributed by atoms with Crippen molar-refractivity contribution in [2.24, 2.45) is 40.4 Å². The van der Waals surface area contributed by atoms with Crippen molar-refractivity contribution < 1.29 is 14.9 Å². The van der Waals surface area contributed by atoms with E-state index in [2.05, 4.69) is 46.8 Å². The van der Waals surface area contributed by atoms with Gasteiger partial charge in [-0.25, -0.2) is 9.78 Å². The first-order valence-electron chi connectivity index (χ1n) is 12.9. The molecule has 0 amide bonds. The Kier molecular flexibility index (Phi) is 5.05. The highest BCUT2D eigenvalue weighted by molar-refractivity contribution is 5.33. The van der Waals surface area contributed by atoms with E-state index in [1.165, 1.54) is 44.9 Å². The van der Waals surface area contributed by atoms with Gasteiger partial charge < -0.3 is 5.11 Å². The Hall–Kier alpha value is -0.380. The first-order valence-corrected chi connectivity index (χ1v) is 12.9. The van der Waals surface area contributed by atoms with Crippen LogP contribution in [0.25, 0.3) is 0 Å². The Morgan fingerprint density at radius 1 is 0.933 bits per heavy atom. The molecule has 9 atom stereocenters. The SMILES string of the molecule is CC(C)CCC[C@@H](C)C1CCC2C34C=CC5(C[C@@H](O)CC[C@]5(C)C3CC[C@]12C)OO4. The van der Waals surface area contributed by atoms with Gasteiger partial charge in [0.25, 0.3) is 0 Å². The van der Waals surface area contributed by atoms with Crippen molar-refractivity contribution in [1.29, 1.82) is 0 Å². The number of fused-ring (bicyclic) bond motifs is 2. The van der Waals surface area contributed by atoms with E-state index in [9.17, 15) is 5.11 Å². The third-order valence-corrected chi connectivity index (χ3v) is 10.8. The van der Waals surface area contributed by atoms with E-state index in [4.69, 9.17) is 9.78 Å². The minimum Gasteiger partial charge on any atom is -0.393 e. The molecular weight excluding hydrogens is 372 g/mol. The van der Waals surface area contributed by atoms with Gasteiger partial charge in [-0.1, -0.05) is 60.0 Å². The minimum absolute atomic E-state index is 0.0848. The molecule has 3 nitrogen and oxygen atoms in total. The zero-order valence-corrected chi connectivity index (χ0v) is 20.0. The van der Waals surface area contributed by atoms with Crippen molar-refractivity contribution in [3.8, 4) is 0 Å². The van der Waals surface area contributed by atoms with Crippen molar-refractivity contribution in [1.82, 2.24) is 0 Å². The summed E-state index contributed by atoms with van der Waals surface area (Å²) in [6.07, 6.45) is 16.4. The molecule has 6 aliphatic rings. The Labute approximate surface area is 183 Å². The van der Waals surface area contributed by atoms with Crippen LogP contribution in [0, 0.1) is 40.4 Å². The molecule has 0 aromatic carbocycles. The highest BCUT2D eigenvalue weighted by atomic mass is 17.2. The summed E-state index contributed by atoms with van der Waals surface area (Å²) in [7, 11) is 0. The van der Waals surface area contributed by atoms with Crippen LogP contribution < -0.4 is 0 Å². The van der Waals surface area contributed by atoms with E-state index in [0.717, 1.165) is 30.6 Å². The smallest absolute Gasteiger partial charge is 0.130 e. The van der Waals surface area contributed by atoms with Gasteiger partial charge in [0.1, 0.15) is 11.2 Å². The highest BCUT2D eigenvalue weighted by Crippen LogP contribution is 2.72. The maximum Gasteiger partial charge on any atom is 0.130 e. The monoisotopic (exact) mass is 416 g/mol. The second-order valence-electron chi connectivity index (χ2n) is 12.7. The average molecular weight is 417 g/mol. The first kappa shape index (κ1) is 21.5. The molecule has 0 radical (unpaired) electrons. The van der Waals surface area contributed by atoms with Gasteiger partial charge >= 0.3 is 0 Å². The quantitative estimate of drug-likeness (QED) is 0.413. The molecule has 3 saturated carbocycles. The van der Waals surface area contributed by atoms with Gasteiger partial charge in [0.05, 0.1) is 6.10 Å². The molecule has 4 fully saturated rings. The fourth-order valence-electron chi connectivity index (χ4n) is 9.12. The van der Waals surface area contributed by atoms with Gasteiger partial charge in [0.15, 0.2) is 0 Å². The van der Waals surface area contributed by atoms with E-state index >= 15 is 0 Å². The zero-order valence-electron chi connectivity index (χ0n) is 20.0. The molecule has 30 heavy (non-hydrogen) atoms. The summed E-state index contributed by atoms with van der Waals surface area (Å²) in [5, 5.41) is 10.4. The number of aliphatic hydroxyl groups is 1. The molecule has 0 aromatic rings. The summed E-state index contributed by atoms with van der Waals surface area (Å²) >= 11 is 0. The van der Waals surface area contributed by atoms with Crippen molar-refractivity contribution in [3.05, 3.63) is 12.2 Å². The molecule has 2 bridgehead atoms. The molecule has 6 rings (SSSR count). The van der Waals surface area contributed by atoms with Crippen molar-refractivity contribution in [2.45, 2.75) is 116 Å². The Bertz CT molecular complexity index is 702. The maximum atomic E-state index is 10.4. The van der Waals surface area contributed by atoms with Crippen LogP contribution in [0.3, 0.4) is 0 Å². The molecule has 1 saturated heterocycles. The molecular formula is C27H44O3. The van der Waals surface area contributed by atoms with Crippen LogP contribution in [-0.4, -0.2) is 22.4 Å². The standard InChI is InChI=1S/C27H44O3/c1-18(2)7-6-8-19(3)21-9-10-22-24(21,4)13-12-23-25(5)14-11-20(28)17-26(25)15-16-27(22,23)30-29-26/h15-16,18-23,28H,6-14,17H2,1-5H3/t19-,20+,21?,22?,23?,24-,25-,26?,27?/m1/s1. The number of hydrogen-bond acceptors (Lipinski definition) is 3. The van der Waals surface area contributed by atoms with Gasteiger partial charge in [-0.3, -0.25) is 0 Å². The summed E-state index contributed by atoms with van der Waals surface area (Å²) in [6, 6.07) is 0. The second kappa shape index (κ2) is 7.06. The van der Waals surface area contributed by atoms with Gasteiger partial charge in [-0.15, -0.1) is 0 Å². The highest BCUT2D eigenvalue weighted by Gasteiger charge is 2.74. The van der Waals surface area contributed by atoms with Crippen LogP contribution in [0.1, 0.15) is 98.8 Å². The van der Waals surface area contributed by atoms with Crippen LogP contribution in [0.5, 0.6) is 0 Å². The second-order valence-corrected chi connectivity index (χ2v) is 12.7. The lowest BCUT2D eigenvalue weighted by molar-refractivity contribution is -0.497. The summed E-state index contributed by atoms with van der Waals surface area (Å²) in [5.74, 6) is 3.48. The molecule has 3 heteroatoms. The van der Waals surface area contributed by atoms with E-state index < -0.39 is 5.60 Å². The summed E-state index contributed by atoms with van der Waals surface area (Å²) in [6.45, 7) is 12.2. The zero-order chi connectivity index (χ0) is 21.4. The third-order valence-electron chi connectivity index (χ3n) is 10.8. The van der Waals surface area contributed by atoms with Gasteiger partial charge in [-0.05, 0) is 67.8 Å². The topological polar surface area (TPSA) is 38.7 Å². The third kappa shape index (κ3) is 2.73. The Morgan fingerprint density at radius 2 is 1.73 bits per heavy atom. The molecule has 170 valence electrons. The lowest BCUT2D eigenvalue weighted by Crippen LogP contribution is -2.73. The lowest BCUT2D eigenvalue weighted by Gasteiger charge is -2.69. The van der Waals surface area contributed by atoms with Crippen molar-refractivity contribution >= 4 is 0 Å². The maximum absolute atomic E-state index is 10.4. The average Bonchev–Trinajstić information content (AvgIpc) is 3.05. The summed E-state index contributed by atoms with van der Waals surface area (Å²) in [4.78, 5) is 12.8. The first-order chi connectivity index (χ1) is 14.2. The van der Waals surface area contributed by atoms with Gasteiger partial charge in [0.2, 0.25) is 0 Å². The predicted molar refractivity (Wildman–Crippen MR) is 120 cm³/mol. The Morgan fingerprint density at radius 3 is 2.43 bits per heavy atom.